The molecule has 0 aliphatic carbocycles. The van der Waals surface area contributed by atoms with Crippen molar-refractivity contribution in [3.05, 3.63) is 48.5 Å². The SMILES string of the molecule is CC(C)C(Sc1nnc(-c2ccco2)o1)C(=O)NCc1cccnc1. The smallest absolute Gasteiger partial charge is 0.284 e. The number of carbonyl (C=O) groups excluding carboxylic acids is 1. The van der Waals surface area contributed by atoms with Crippen LogP contribution >= 0.6 is 11.8 Å². The lowest BCUT2D eigenvalue weighted by Gasteiger charge is -2.17. The van der Waals surface area contributed by atoms with E-state index in [1.165, 1.54) is 18.0 Å². The Bertz CT molecular complexity index is 802. The highest BCUT2D eigenvalue weighted by atomic mass is 32.2. The summed E-state index contributed by atoms with van der Waals surface area (Å²) in [4.78, 5) is 16.6. The van der Waals surface area contributed by atoms with Gasteiger partial charge in [-0.2, -0.15) is 0 Å². The van der Waals surface area contributed by atoms with E-state index in [1.807, 2.05) is 26.0 Å². The number of nitrogens with zero attached hydrogens (tertiary/aromatic N) is 3. The largest absolute Gasteiger partial charge is 0.459 e. The van der Waals surface area contributed by atoms with E-state index < -0.39 is 0 Å². The van der Waals surface area contributed by atoms with Crippen LogP contribution in [-0.4, -0.2) is 26.3 Å². The van der Waals surface area contributed by atoms with Crippen LogP contribution in [0.2, 0.25) is 0 Å². The van der Waals surface area contributed by atoms with Crippen molar-refractivity contribution in [3.8, 4) is 11.7 Å². The fourth-order valence-electron chi connectivity index (χ4n) is 2.15. The van der Waals surface area contributed by atoms with Crippen molar-refractivity contribution in [3.63, 3.8) is 0 Å². The average Bonchev–Trinajstić information content (AvgIpc) is 3.29. The van der Waals surface area contributed by atoms with Gasteiger partial charge in [-0.1, -0.05) is 31.7 Å². The first-order valence-electron chi connectivity index (χ1n) is 7.84. The molecule has 0 radical (unpaired) electrons. The summed E-state index contributed by atoms with van der Waals surface area (Å²) in [6.07, 6.45) is 4.96. The molecule has 0 fully saturated rings. The van der Waals surface area contributed by atoms with Gasteiger partial charge in [0.1, 0.15) is 0 Å². The van der Waals surface area contributed by atoms with Crippen molar-refractivity contribution < 1.29 is 13.6 Å². The number of nitrogens with one attached hydrogen (secondary N) is 1. The Labute approximate surface area is 149 Å². The topological polar surface area (TPSA) is 94.0 Å². The number of rotatable bonds is 7. The first-order valence-corrected chi connectivity index (χ1v) is 8.72. The fourth-order valence-corrected chi connectivity index (χ4v) is 3.05. The zero-order valence-electron chi connectivity index (χ0n) is 13.9. The van der Waals surface area contributed by atoms with Crippen molar-refractivity contribution in [2.24, 2.45) is 5.92 Å². The second-order valence-corrected chi connectivity index (χ2v) is 6.80. The summed E-state index contributed by atoms with van der Waals surface area (Å²) in [6.45, 7) is 4.38. The average molecular weight is 358 g/mol. The zero-order chi connectivity index (χ0) is 17.6. The van der Waals surface area contributed by atoms with Gasteiger partial charge in [0, 0.05) is 18.9 Å². The highest BCUT2D eigenvalue weighted by Crippen LogP contribution is 2.29. The molecule has 0 spiro atoms. The summed E-state index contributed by atoms with van der Waals surface area (Å²) < 4.78 is 10.8. The Morgan fingerprint density at radius 2 is 2.16 bits per heavy atom. The minimum atomic E-state index is -0.346. The maximum atomic E-state index is 12.5. The van der Waals surface area contributed by atoms with E-state index in [9.17, 15) is 4.79 Å². The normalized spacial score (nSPS) is 12.3. The van der Waals surface area contributed by atoms with Gasteiger partial charge in [-0.05, 0) is 29.7 Å². The van der Waals surface area contributed by atoms with Crippen molar-refractivity contribution in [2.45, 2.75) is 30.9 Å². The molecule has 0 bridgehead atoms. The van der Waals surface area contributed by atoms with Crippen LogP contribution in [0.25, 0.3) is 11.7 Å². The number of hydrogen-bond donors (Lipinski definition) is 1. The van der Waals surface area contributed by atoms with E-state index in [0.29, 0.717) is 23.4 Å². The highest BCUT2D eigenvalue weighted by Gasteiger charge is 2.26. The van der Waals surface area contributed by atoms with Gasteiger partial charge >= 0.3 is 0 Å². The lowest BCUT2D eigenvalue weighted by atomic mass is 10.1. The zero-order valence-corrected chi connectivity index (χ0v) is 14.7. The summed E-state index contributed by atoms with van der Waals surface area (Å²) in [6, 6.07) is 7.24. The van der Waals surface area contributed by atoms with E-state index >= 15 is 0 Å². The second-order valence-electron chi connectivity index (χ2n) is 5.71. The van der Waals surface area contributed by atoms with E-state index in [0.717, 1.165) is 5.56 Å². The molecule has 0 aliphatic rings. The van der Waals surface area contributed by atoms with Crippen LogP contribution in [0, 0.1) is 5.92 Å². The van der Waals surface area contributed by atoms with Crippen molar-refractivity contribution in [1.29, 1.82) is 0 Å². The monoisotopic (exact) mass is 358 g/mol. The molecule has 0 saturated carbocycles. The molecule has 1 atom stereocenters. The standard InChI is InChI=1S/C17H18N4O3S/c1-11(2)14(15(22)19-10-12-5-3-7-18-9-12)25-17-21-20-16(24-17)13-6-4-8-23-13/h3-9,11,14H,10H2,1-2H3,(H,19,22). The number of hydrogen-bond acceptors (Lipinski definition) is 7. The summed E-state index contributed by atoms with van der Waals surface area (Å²) in [5, 5.41) is 10.9. The molecule has 0 aromatic carbocycles. The number of thioether (sulfide) groups is 1. The Morgan fingerprint density at radius 1 is 1.28 bits per heavy atom. The number of carbonyl (C=O) groups is 1. The number of amides is 1. The third kappa shape index (κ3) is 4.48. The van der Waals surface area contributed by atoms with Gasteiger partial charge in [0.05, 0.1) is 11.5 Å². The van der Waals surface area contributed by atoms with Crippen molar-refractivity contribution >= 4 is 17.7 Å². The lowest BCUT2D eigenvalue weighted by Crippen LogP contribution is -2.35. The van der Waals surface area contributed by atoms with Crippen LogP contribution < -0.4 is 5.32 Å². The molecule has 3 aromatic heterocycles. The molecule has 8 heteroatoms. The molecule has 3 heterocycles. The number of furan rings is 1. The first-order chi connectivity index (χ1) is 12.1. The second kappa shape index (κ2) is 7.98. The van der Waals surface area contributed by atoms with Gasteiger partial charge < -0.3 is 14.2 Å². The summed E-state index contributed by atoms with van der Waals surface area (Å²) in [5.41, 5.74) is 0.946. The molecular weight excluding hydrogens is 340 g/mol. The summed E-state index contributed by atoms with van der Waals surface area (Å²) >= 11 is 1.25. The van der Waals surface area contributed by atoms with Crippen LogP contribution in [0.1, 0.15) is 19.4 Å². The van der Waals surface area contributed by atoms with Gasteiger partial charge in [0.2, 0.25) is 5.91 Å². The van der Waals surface area contributed by atoms with Crippen LogP contribution in [0.15, 0.2) is 57.0 Å². The van der Waals surface area contributed by atoms with Crippen LogP contribution in [-0.2, 0) is 11.3 Å². The Hall–Kier alpha value is -2.61. The molecule has 7 nitrogen and oxygen atoms in total. The van der Waals surface area contributed by atoms with E-state index in [4.69, 9.17) is 8.83 Å². The van der Waals surface area contributed by atoms with Gasteiger partial charge in [0.15, 0.2) is 5.76 Å². The molecular formula is C17H18N4O3S. The molecule has 1 unspecified atom stereocenters. The quantitative estimate of drug-likeness (QED) is 0.648. The molecule has 0 saturated heterocycles. The van der Waals surface area contributed by atoms with E-state index in [-0.39, 0.29) is 17.1 Å². The Morgan fingerprint density at radius 3 is 2.84 bits per heavy atom. The molecule has 130 valence electrons. The van der Waals surface area contributed by atoms with Crippen molar-refractivity contribution in [1.82, 2.24) is 20.5 Å². The van der Waals surface area contributed by atoms with E-state index in [2.05, 4.69) is 20.5 Å². The molecule has 1 N–H and O–H groups in total. The Balaban J connectivity index is 1.64. The maximum Gasteiger partial charge on any atom is 0.284 e. The molecule has 3 rings (SSSR count). The predicted octanol–water partition coefficient (Wildman–Crippen LogP) is 3.16. The maximum absolute atomic E-state index is 12.5. The third-order valence-corrected chi connectivity index (χ3v) is 4.80. The summed E-state index contributed by atoms with van der Waals surface area (Å²) in [5.74, 6) is 0.812. The minimum absolute atomic E-state index is 0.0819. The van der Waals surface area contributed by atoms with E-state index in [1.54, 1.807) is 24.5 Å². The number of pyridine rings is 1. The van der Waals surface area contributed by atoms with Crippen molar-refractivity contribution in [2.75, 3.05) is 0 Å². The Kier molecular flexibility index (Phi) is 5.49. The third-order valence-electron chi connectivity index (χ3n) is 3.42. The molecule has 3 aromatic rings. The molecule has 25 heavy (non-hydrogen) atoms. The van der Waals surface area contributed by atoms with Gasteiger partial charge in [-0.25, -0.2) is 0 Å². The summed E-state index contributed by atoms with van der Waals surface area (Å²) in [7, 11) is 0. The lowest BCUT2D eigenvalue weighted by molar-refractivity contribution is -0.121. The van der Waals surface area contributed by atoms with Gasteiger partial charge in [-0.15, -0.1) is 10.2 Å². The highest BCUT2D eigenvalue weighted by molar-refractivity contribution is 8.00. The van der Waals surface area contributed by atoms with Crippen LogP contribution in [0.4, 0.5) is 0 Å². The fraction of sp³-hybridized carbons (Fsp3) is 0.294. The minimum Gasteiger partial charge on any atom is -0.459 e. The van der Waals surface area contributed by atoms with Crippen LogP contribution in [0.5, 0.6) is 0 Å². The van der Waals surface area contributed by atoms with Gasteiger partial charge in [-0.3, -0.25) is 9.78 Å². The number of aromatic nitrogens is 3. The molecule has 1 amide bonds. The molecule has 0 aliphatic heterocycles. The first kappa shape index (κ1) is 17.2. The predicted molar refractivity (Wildman–Crippen MR) is 92.6 cm³/mol. The van der Waals surface area contributed by atoms with Crippen LogP contribution in [0.3, 0.4) is 0 Å². The van der Waals surface area contributed by atoms with Gasteiger partial charge in [0.25, 0.3) is 11.1 Å².